The number of hydrogen-bond donors (Lipinski definition) is 0. The molecule has 0 N–H and O–H groups in total. The van der Waals surface area contributed by atoms with Crippen molar-refractivity contribution < 1.29 is 9.53 Å². The average molecular weight is 256 g/mol. The molecule has 1 amide bonds. The van der Waals surface area contributed by atoms with Gasteiger partial charge in [0, 0.05) is 6.42 Å². The van der Waals surface area contributed by atoms with Crippen LogP contribution in [0.15, 0.2) is 43.0 Å². The van der Waals surface area contributed by atoms with E-state index in [9.17, 15) is 4.79 Å². The highest BCUT2D eigenvalue weighted by Crippen LogP contribution is 2.22. The molecule has 0 aromatic heterocycles. The third-order valence-electron chi connectivity index (χ3n) is 3.22. The summed E-state index contributed by atoms with van der Waals surface area (Å²) in [6.45, 7) is 11.4. The van der Waals surface area contributed by atoms with Gasteiger partial charge in [-0.3, -0.25) is 4.90 Å². The van der Waals surface area contributed by atoms with Crippen molar-refractivity contribution in [1.29, 1.82) is 0 Å². The third-order valence-corrected chi connectivity index (χ3v) is 3.22. The van der Waals surface area contributed by atoms with Gasteiger partial charge in [-0.1, -0.05) is 36.4 Å². The number of carbonyl (C=O) groups is 1. The smallest absolute Gasteiger partial charge is 0.410 e. The van der Waals surface area contributed by atoms with E-state index < -0.39 is 0 Å². The maximum absolute atomic E-state index is 12.0. The second-order valence-electron chi connectivity index (χ2n) is 4.51. The third kappa shape index (κ3) is 3.14. The summed E-state index contributed by atoms with van der Waals surface area (Å²) in [5, 5.41) is 0. The van der Waals surface area contributed by atoms with Crippen LogP contribution in [0.2, 0.25) is 0 Å². The Balaban J connectivity index is 1.93. The van der Waals surface area contributed by atoms with E-state index in [0.29, 0.717) is 13.0 Å². The summed E-state index contributed by atoms with van der Waals surface area (Å²) in [6, 6.07) is 9.30. The van der Waals surface area contributed by atoms with Crippen LogP contribution in [0.3, 0.4) is 0 Å². The van der Waals surface area contributed by atoms with Gasteiger partial charge in [-0.15, -0.1) is 6.58 Å². The summed E-state index contributed by atoms with van der Waals surface area (Å²) >= 11 is 0. The van der Waals surface area contributed by atoms with Gasteiger partial charge in [-0.25, -0.2) is 11.4 Å². The summed E-state index contributed by atoms with van der Waals surface area (Å²) in [5.74, 6) is 0. The molecular weight excluding hydrogens is 240 g/mol. The van der Waals surface area contributed by atoms with Crippen LogP contribution in [0.4, 0.5) is 4.79 Å². The minimum atomic E-state index is -0.375. The second kappa shape index (κ2) is 6.05. The van der Waals surface area contributed by atoms with Crippen molar-refractivity contribution in [3.05, 3.63) is 60.0 Å². The Bertz CT molecular complexity index is 493. The quantitative estimate of drug-likeness (QED) is 0.615. The number of nitrogens with zero attached hydrogens (tertiary/aromatic N) is 2. The van der Waals surface area contributed by atoms with Crippen molar-refractivity contribution >= 4 is 6.09 Å². The lowest BCUT2D eigenvalue weighted by Gasteiger charge is -2.20. The lowest BCUT2D eigenvalue weighted by molar-refractivity contribution is 0.0974. The molecule has 0 bridgehead atoms. The van der Waals surface area contributed by atoms with Crippen LogP contribution in [-0.4, -0.2) is 29.6 Å². The topological polar surface area (TPSA) is 33.9 Å². The molecule has 19 heavy (non-hydrogen) atoms. The molecule has 1 heterocycles. The van der Waals surface area contributed by atoms with Crippen molar-refractivity contribution in [2.45, 2.75) is 25.1 Å². The molecule has 4 heteroatoms. The molecule has 1 fully saturated rings. The van der Waals surface area contributed by atoms with Gasteiger partial charge >= 0.3 is 6.09 Å². The van der Waals surface area contributed by atoms with E-state index in [1.54, 1.807) is 11.0 Å². The van der Waals surface area contributed by atoms with Crippen LogP contribution in [0.5, 0.6) is 0 Å². The Kier molecular flexibility index (Phi) is 4.19. The van der Waals surface area contributed by atoms with Crippen LogP contribution in [0.1, 0.15) is 12.0 Å². The number of ether oxygens (including phenoxy) is 1. The van der Waals surface area contributed by atoms with Gasteiger partial charge in [-0.2, -0.15) is 0 Å². The van der Waals surface area contributed by atoms with E-state index in [4.69, 9.17) is 11.3 Å². The highest BCUT2D eigenvalue weighted by atomic mass is 16.6. The zero-order chi connectivity index (χ0) is 13.7. The number of amides is 1. The Morgan fingerprint density at radius 1 is 1.53 bits per heavy atom. The molecule has 0 aliphatic carbocycles. The van der Waals surface area contributed by atoms with E-state index in [1.807, 2.05) is 30.3 Å². The largest absolute Gasteiger partial charge is 0.445 e. The van der Waals surface area contributed by atoms with Crippen molar-refractivity contribution in [1.82, 2.24) is 4.90 Å². The van der Waals surface area contributed by atoms with E-state index in [-0.39, 0.29) is 24.8 Å². The van der Waals surface area contributed by atoms with Gasteiger partial charge in [0.2, 0.25) is 6.04 Å². The lowest BCUT2D eigenvalue weighted by atomic mass is 10.2. The van der Waals surface area contributed by atoms with Crippen LogP contribution in [0.25, 0.3) is 4.85 Å². The van der Waals surface area contributed by atoms with E-state index in [1.165, 1.54) is 0 Å². The number of hydrogen-bond acceptors (Lipinski definition) is 2. The maximum Gasteiger partial charge on any atom is 0.410 e. The van der Waals surface area contributed by atoms with E-state index >= 15 is 0 Å². The van der Waals surface area contributed by atoms with Gasteiger partial charge in [0.1, 0.15) is 6.61 Å². The average Bonchev–Trinajstić information content (AvgIpc) is 2.89. The molecule has 0 saturated carbocycles. The molecule has 0 unspecified atom stereocenters. The predicted octanol–water partition coefficient (Wildman–Crippen LogP) is 2.87. The Hall–Kier alpha value is -2.28. The van der Waals surface area contributed by atoms with Gasteiger partial charge in [0.15, 0.2) is 0 Å². The molecule has 0 radical (unpaired) electrons. The summed E-state index contributed by atoms with van der Waals surface area (Å²) < 4.78 is 5.27. The highest BCUT2D eigenvalue weighted by Gasteiger charge is 2.37. The van der Waals surface area contributed by atoms with Crippen LogP contribution < -0.4 is 0 Å². The first kappa shape index (κ1) is 13.2. The summed E-state index contributed by atoms with van der Waals surface area (Å²) in [7, 11) is 0. The number of benzene rings is 1. The van der Waals surface area contributed by atoms with Crippen molar-refractivity contribution in [3.63, 3.8) is 0 Å². The molecular formula is C15H16N2O2. The van der Waals surface area contributed by atoms with Crippen molar-refractivity contribution in [2.24, 2.45) is 0 Å². The second-order valence-corrected chi connectivity index (χ2v) is 4.51. The first-order chi connectivity index (χ1) is 9.24. The first-order valence-corrected chi connectivity index (χ1v) is 6.21. The lowest BCUT2D eigenvalue weighted by Crippen LogP contribution is -2.35. The standard InChI is InChI=1S/C15H16N2O2/c1-3-14-9-13(16-2)10-17(14)15(18)19-11-12-7-5-4-6-8-12/h3-8,13-14H,1,9-11H2/t13-,14+/m0/s1. The zero-order valence-corrected chi connectivity index (χ0v) is 10.7. The first-order valence-electron chi connectivity index (χ1n) is 6.21. The SMILES string of the molecule is [C-]#[N+][C@H]1C[C@@H](C=C)N(C(=O)OCc2ccccc2)C1. The fourth-order valence-electron chi connectivity index (χ4n) is 2.17. The molecule has 0 spiro atoms. The molecule has 1 aromatic carbocycles. The van der Waals surface area contributed by atoms with Crippen molar-refractivity contribution in [2.75, 3.05) is 6.54 Å². The van der Waals surface area contributed by atoms with Gasteiger partial charge in [0.05, 0.1) is 12.6 Å². The summed E-state index contributed by atoms with van der Waals surface area (Å²) in [5.41, 5.74) is 0.951. The van der Waals surface area contributed by atoms with Crippen molar-refractivity contribution in [3.8, 4) is 0 Å². The van der Waals surface area contributed by atoms with Gasteiger partial charge in [0.25, 0.3) is 0 Å². The Labute approximate surface area is 113 Å². The van der Waals surface area contributed by atoms with E-state index in [2.05, 4.69) is 11.4 Å². The van der Waals surface area contributed by atoms with Crippen LogP contribution >= 0.6 is 0 Å². The molecule has 98 valence electrons. The Morgan fingerprint density at radius 2 is 2.26 bits per heavy atom. The van der Waals surface area contributed by atoms with Crippen LogP contribution in [0, 0.1) is 6.57 Å². The van der Waals surface area contributed by atoms with E-state index in [0.717, 1.165) is 5.56 Å². The number of rotatable bonds is 3. The monoisotopic (exact) mass is 256 g/mol. The molecule has 1 aliphatic heterocycles. The molecule has 4 nitrogen and oxygen atoms in total. The molecule has 1 aliphatic rings. The fraction of sp³-hybridized carbons (Fsp3) is 0.333. The fourth-order valence-corrected chi connectivity index (χ4v) is 2.17. The van der Waals surface area contributed by atoms with Gasteiger partial charge in [-0.05, 0) is 5.56 Å². The summed E-state index contributed by atoms with van der Waals surface area (Å²) in [6.07, 6.45) is 1.97. The highest BCUT2D eigenvalue weighted by molar-refractivity contribution is 5.69. The van der Waals surface area contributed by atoms with Crippen LogP contribution in [-0.2, 0) is 11.3 Å². The molecule has 1 aromatic rings. The minimum Gasteiger partial charge on any atom is -0.445 e. The minimum absolute atomic E-state index is 0.0950. The summed E-state index contributed by atoms with van der Waals surface area (Å²) in [4.78, 5) is 17.1. The molecule has 2 rings (SSSR count). The zero-order valence-electron chi connectivity index (χ0n) is 10.7. The predicted molar refractivity (Wildman–Crippen MR) is 72.3 cm³/mol. The van der Waals surface area contributed by atoms with Gasteiger partial charge < -0.3 is 9.58 Å². The number of likely N-dealkylation sites (tertiary alicyclic amines) is 1. The number of carbonyl (C=O) groups excluding carboxylic acids is 1. The normalized spacial score (nSPS) is 21.7. The molecule has 1 saturated heterocycles. The molecule has 2 atom stereocenters. The Morgan fingerprint density at radius 3 is 2.89 bits per heavy atom. The maximum atomic E-state index is 12.0.